The van der Waals surface area contributed by atoms with E-state index in [-0.39, 0.29) is 4.90 Å². The molecule has 1 unspecified atom stereocenters. The van der Waals surface area contributed by atoms with Gasteiger partial charge in [-0.1, -0.05) is 6.92 Å². The van der Waals surface area contributed by atoms with Crippen LogP contribution in [0.4, 0.5) is 4.39 Å². The average molecular weight is 281 g/mol. The summed E-state index contributed by atoms with van der Waals surface area (Å²) < 4.78 is 37.3. The molecule has 0 radical (unpaired) electrons. The molecule has 19 heavy (non-hydrogen) atoms. The van der Waals surface area contributed by atoms with Crippen molar-refractivity contribution in [3.63, 3.8) is 0 Å². The van der Waals surface area contributed by atoms with Crippen LogP contribution in [-0.4, -0.2) is 19.7 Å². The molecule has 3 nitrogen and oxygen atoms in total. The van der Waals surface area contributed by atoms with Gasteiger partial charge in [0.15, 0.2) is 9.84 Å². The first-order valence-electron chi connectivity index (χ1n) is 6.46. The van der Waals surface area contributed by atoms with Crippen LogP contribution in [0.3, 0.4) is 0 Å². The Balaban J connectivity index is 2.37. The first-order valence-corrected chi connectivity index (χ1v) is 8.35. The number of aryl methyl sites for hydroxylation is 1. The lowest BCUT2D eigenvalue weighted by Gasteiger charge is -2.06. The van der Waals surface area contributed by atoms with Crippen molar-refractivity contribution in [1.29, 1.82) is 0 Å². The molecule has 0 saturated heterocycles. The van der Waals surface area contributed by atoms with E-state index in [1.54, 1.807) is 0 Å². The number of sulfone groups is 1. The van der Waals surface area contributed by atoms with Gasteiger partial charge >= 0.3 is 0 Å². The number of nitrogens with one attached hydrogen (secondary N) is 1. The van der Waals surface area contributed by atoms with Gasteiger partial charge in [0, 0.05) is 17.3 Å². The molecule has 1 aromatic carbocycles. The number of fused-ring (bicyclic) bond motifs is 3. The molecule has 2 aromatic rings. The van der Waals surface area contributed by atoms with Crippen LogP contribution in [0.5, 0.6) is 0 Å². The minimum atomic E-state index is -3.43. The summed E-state index contributed by atoms with van der Waals surface area (Å²) in [5.74, 6) is -0.0625. The molecule has 102 valence electrons. The summed E-state index contributed by atoms with van der Waals surface area (Å²) in [6, 6.07) is 2.54. The van der Waals surface area contributed by atoms with Crippen molar-refractivity contribution in [3.05, 3.63) is 29.2 Å². The van der Waals surface area contributed by atoms with Crippen molar-refractivity contribution < 1.29 is 12.8 Å². The van der Waals surface area contributed by atoms with Gasteiger partial charge in [0.05, 0.1) is 10.4 Å². The van der Waals surface area contributed by atoms with Crippen molar-refractivity contribution in [2.24, 2.45) is 0 Å². The number of hydrogen-bond donors (Lipinski definition) is 1. The molecule has 0 spiro atoms. The molecule has 1 aromatic heterocycles. The molecule has 1 aliphatic rings. The van der Waals surface area contributed by atoms with E-state index >= 15 is 0 Å². The summed E-state index contributed by atoms with van der Waals surface area (Å²) in [7, 11) is -3.43. The van der Waals surface area contributed by atoms with Crippen LogP contribution in [0.2, 0.25) is 0 Å². The monoisotopic (exact) mass is 281 g/mol. The Morgan fingerprint density at radius 3 is 2.79 bits per heavy atom. The van der Waals surface area contributed by atoms with Crippen LogP contribution in [0.1, 0.15) is 36.9 Å². The molecule has 0 fully saturated rings. The predicted octanol–water partition coefficient (Wildman–Crippen LogP) is 3.15. The van der Waals surface area contributed by atoms with Crippen LogP contribution in [0.15, 0.2) is 17.0 Å². The van der Waals surface area contributed by atoms with Crippen LogP contribution in [0, 0.1) is 5.82 Å². The number of aromatic nitrogens is 1. The molecular formula is C14H16FNO2S. The Labute approximate surface area is 111 Å². The second kappa shape index (κ2) is 4.07. The molecular weight excluding hydrogens is 265 g/mol. The zero-order valence-electron chi connectivity index (χ0n) is 11.0. The Morgan fingerprint density at radius 1 is 1.42 bits per heavy atom. The fourth-order valence-corrected chi connectivity index (χ4v) is 3.94. The highest BCUT2D eigenvalue weighted by molar-refractivity contribution is 7.91. The zero-order chi connectivity index (χ0) is 13.8. The molecule has 0 bridgehead atoms. The molecule has 1 aliphatic carbocycles. The lowest BCUT2D eigenvalue weighted by atomic mass is 10.1. The van der Waals surface area contributed by atoms with Gasteiger partial charge in [-0.05, 0) is 42.9 Å². The summed E-state index contributed by atoms with van der Waals surface area (Å²) in [5.41, 5.74) is 2.74. The Kier molecular flexibility index (Phi) is 2.71. The Morgan fingerprint density at radius 2 is 2.16 bits per heavy atom. The van der Waals surface area contributed by atoms with Gasteiger partial charge in [-0.15, -0.1) is 0 Å². The minimum Gasteiger partial charge on any atom is -0.357 e. The van der Waals surface area contributed by atoms with Crippen LogP contribution >= 0.6 is 0 Å². The van der Waals surface area contributed by atoms with Crippen LogP contribution in [0.25, 0.3) is 10.9 Å². The van der Waals surface area contributed by atoms with Gasteiger partial charge < -0.3 is 4.98 Å². The van der Waals surface area contributed by atoms with Gasteiger partial charge in [0.2, 0.25) is 0 Å². The highest BCUT2D eigenvalue weighted by Crippen LogP contribution is 2.40. The van der Waals surface area contributed by atoms with E-state index in [0.29, 0.717) is 11.4 Å². The second-order valence-corrected chi connectivity index (χ2v) is 7.24. The molecule has 0 aliphatic heterocycles. The third-order valence-electron chi connectivity index (χ3n) is 4.02. The third kappa shape index (κ3) is 1.87. The summed E-state index contributed by atoms with van der Waals surface area (Å²) in [6.45, 7) is 2.11. The maximum Gasteiger partial charge on any atom is 0.177 e. The fourth-order valence-electron chi connectivity index (χ4n) is 3.09. The summed E-state index contributed by atoms with van der Waals surface area (Å²) in [4.78, 5) is 3.30. The highest BCUT2D eigenvalue weighted by atomic mass is 32.2. The maximum atomic E-state index is 13.7. The van der Waals surface area contributed by atoms with Gasteiger partial charge in [0.1, 0.15) is 5.82 Å². The third-order valence-corrected chi connectivity index (χ3v) is 5.14. The summed E-state index contributed by atoms with van der Waals surface area (Å²) in [5, 5.41) is 0.728. The lowest BCUT2D eigenvalue weighted by molar-refractivity contribution is 0.597. The Bertz CT molecular complexity index is 761. The van der Waals surface area contributed by atoms with Crippen molar-refractivity contribution in [2.45, 2.75) is 37.0 Å². The molecule has 0 saturated carbocycles. The maximum absolute atomic E-state index is 13.7. The Hall–Kier alpha value is -1.36. The summed E-state index contributed by atoms with van der Waals surface area (Å²) >= 11 is 0. The van der Waals surface area contributed by atoms with E-state index in [1.807, 2.05) is 0 Å². The molecule has 1 atom stereocenters. The fraction of sp³-hybridized carbons (Fsp3) is 0.429. The number of hydrogen-bond acceptors (Lipinski definition) is 2. The van der Waals surface area contributed by atoms with E-state index in [4.69, 9.17) is 0 Å². The van der Waals surface area contributed by atoms with E-state index in [0.717, 1.165) is 48.2 Å². The number of benzene rings is 1. The number of H-pyrrole nitrogens is 1. The predicted molar refractivity (Wildman–Crippen MR) is 72.7 cm³/mol. The normalized spacial score (nSPS) is 19.0. The number of aromatic amines is 1. The van der Waals surface area contributed by atoms with Crippen LogP contribution in [-0.2, 0) is 16.3 Å². The average Bonchev–Trinajstić information content (AvgIpc) is 2.85. The first kappa shape index (κ1) is 12.7. The number of rotatable bonds is 2. The second-order valence-electron chi connectivity index (χ2n) is 5.26. The van der Waals surface area contributed by atoms with E-state index in [2.05, 4.69) is 11.9 Å². The minimum absolute atomic E-state index is 0.0618. The lowest BCUT2D eigenvalue weighted by Crippen LogP contribution is -2.00. The van der Waals surface area contributed by atoms with Crippen LogP contribution < -0.4 is 0 Å². The quantitative estimate of drug-likeness (QED) is 0.919. The molecule has 5 heteroatoms. The van der Waals surface area contributed by atoms with Gasteiger partial charge in [-0.3, -0.25) is 0 Å². The van der Waals surface area contributed by atoms with Gasteiger partial charge in [-0.2, -0.15) is 0 Å². The molecule has 3 rings (SSSR count). The van der Waals surface area contributed by atoms with Crippen molar-refractivity contribution in [2.75, 3.05) is 6.26 Å². The summed E-state index contributed by atoms with van der Waals surface area (Å²) in [6.07, 6.45) is 4.07. The van der Waals surface area contributed by atoms with Crippen molar-refractivity contribution in [3.8, 4) is 0 Å². The SMILES string of the molecule is CCC1CCc2c1[nH]c1c(S(C)(=O)=O)cc(F)cc21. The van der Waals surface area contributed by atoms with E-state index in [1.165, 1.54) is 6.07 Å². The first-order chi connectivity index (χ1) is 8.91. The topological polar surface area (TPSA) is 49.9 Å². The molecule has 0 amide bonds. The molecule has 1 N–H and O–H groups in total. The van der Waals surface area contributed by atoms with Crippen molar-refractivity contribution >= 4 is 20.7 Å². The largest absolute Gasteiger partial charge is 0.357 e. The van der Waals surface area contributed by atoms with E-state index in [9.17, 15) is 12.8 Å². The van der Waals surface area contributed by atoms with E-state index < -0.39 is 15.7 Å². The highest BCUT2D eigenvalue weighted by Gasteiger charge is 2.27. The van der Waals surface area contributed by atoms with Gasteiger partial charge in [-0.25, -0.2) is 12.8 Å². The van der Waals surface area contributed by atoms with Gasteiger partial charge in [0.25, 0.3) is 0 Å². The zero-order valence-corrected chi connectivity index (χ0v) is 11.8. The standard InChI is InChI=1S/C14H16FNO2S/c1-3-8-4-5-10-11-6-9(15)7-12(19(2,17)18)14(11)16-13(8)10/h6-8,16H,3-5H2,1-2H3. The van der Waals surface area contributed by atoms with Crippen molar-refractivity contribution in [1.82, 2.24) is 4.98 Å². The smallest absolute Gasteiger partial charge is 0.177 e. The molecule has 1 heterocycles. The number of halogens is 1.